The van der Waals surface area contributed by atoms with Crippen LogP contribution in [-0.2, 0) is 4.79 Å². The minimum absolute atomic E-state index is 0.166. The maximum atomic E-state index is 10.7. The SMILES string of the molecule is CCC(CCC(C)C(=O)O)C1CCCC1. The molecule has 15 heavy (non-hydrogen) atoms. The lowest BCUT2D eigenvalue weighted by Crippen LogP contribution is -2.15. The molecule has 1 saturated carbocycles. The summed E-state index contributed by atoms with van der Waals surface area (Å²) in [6.45, 7) is 4.07. The van der Waals surface area contributed by atoms with Crippen molar-refractivity contribution in [3.05, 3.63) is 0 Å². The molecule has 1 fully saturated rings. The normalized spacial score (nSPS) is 21.5. The van der Waals surface area contributed by atoms with Crippen LogP contribution in [0.25, 0.3) is 0 Å². The van der Waals surface area contributed by atoms with Crippen molar-refractivity contribution in [1.29, 1.82) is 0 Å². The summed E-state index contributed by atoms with van der Waals surface area (Å²) in [6.07, 6.45) is 8.70. The molecule has 0 aromatic heterocycles. The first kappa shape index (κ1) is 12.5. The Bertz CT molecular complexity index is 195. The lowest BCUT2D eigenvalue weighted by molar-refractivity contribution is -0.141. The molecular weight excluding hydrogens is 188 g/mol. The zero-order chi connectivity index (χ0) is 11.3. The third-order valence-corrected chi connectivity index (χ3v) is 3.98. The smallest absolute Gasteiger partial charge is 0.306 e. The van der Waals surface area contributed by atoms with Gasteiger partial charge in [0.05, 0.1) is 5.92 Å². The largest absolute Gasteiger partial charge is 0.481 e. The van der Waals surface area contributed by atoms with Crippen LogP contribution < -0.4 is 0 Å². The van der Waals surface area contributed by atoms with Gasteiger partial charge in [0, 0.05) is 0 Å². The van der Waals surface area contributed by atoms with Gasteiger partial charge >= 0.3 is 5.97 Å². The van der Waals surface area contributed by atoms with E-state index in [1.807, 2.05) is 6.92 Å². The summed E-state index contributed by atoms with van der Waals surface area (Å²) in [6, 6.07) is 0. The Labute approximate surface area is 93.1 Å². The molecule has 0 aliphatic heterocycles. The van der Waals surface area contributed by atoms with Gasteiger partial charge in [-0.1, -0.05) is 46.0 Å². The van der Waals surface area contributed by atoms with Gasteiger partial charge in [0.25, 0.3) is 0 Å². The Hall–Kier alpha value is -0.530. The van der Waals surface area contributed by atoms with Crippen LogP contribution in [0.2, 0.25) is 0 Å². The lowest BCUT2D eigenvalue weighted by Gasteiger charge is -2.22. The molecule has 2 atom stereocenters. The van der Waals surface area contributed by atoms with Gasteiger partial charge in [0.2, 0.25) is 0 Å². The highest BCUT2D eigenvalue weighted by atomic mass is 16.4. The molecule has 0 spiro atoms. The summed E-state index contributed by atoms with van der Waals surface area (Å²) in [5.41, 5.74) is 0. The monoisotopic (exact) mass is 212 g/mol. The fraction of sp³-hybridized carbons (Fsp3) is 0.923. The maximum absolute atomic E-state index is 10.7. The predicted molar refractivity (Wildman–Crippen MR) is 61.8 cm³/mol. The molecule has 0 saturated heterocycles. The molecule has 2 heteroatoms. The predicted octanol–water partition coefficient (Wildman–Crippen LogP) is 3.70. The third kappa shape index (κ3) is 3.84. The number of carboxylic acid groups (broad SMARTS) is 1. The molecule has 1 rings (SSSR count). The van der Waals surface area contributed by atoms with Gasteiger partial charge in [0.15, 0.2) is 0 Å². The molecule has 0 amide bonds. The molecule has 2 unspecified atom stereocenters. The van der Waals surface area contributed by atoms with E-state index < -0.39 is 5.97 Å². The maximum Gasteiger partial charge on any atom is 0.306 e. The first-order valence-corrected chi connectivity index (χ1v) is 6.38. The van der Waals surface area contributed by atoms with Crippen molar-refractivity contribution in [3.63, 3.8) is 0 Å². The zero-order valence-corrected chi connectivity index (χ0v) is 10.0. The van der Waals surface area contributed by atoms with Gasteiger partial charge in [-0.3, -0.25) is 4.79 Å². The summed E-state index contributed by atoms with van der Waals surface area (Å²) in [5.74, 6) is 0.849. The fourth-order valence-corrected chi connectivity index (χ4v) is 2.79. The molecule has 1 N–H and O–H groups in total. The van der Waals surface area contributed by atoms with Gasteiger partial charge in [-0.25, -0.2) is 0 Å². The van der Waals surface area contributed by atoms with Crippen LogP contribution in [0.3, 0.4) is 0 Å². The van der Waals surface area contributed by atoms with Crippen molar-refractivity contribution >= 4 is 5.97 Å². The highest BCUT2D eigenvalue weighted by molar-refractivity contribution is 5.69. The minimum atomic E-state index is -0.642. The van der Waals surface area contributed by atoms with Gasteiger partial charge in [-0.15, -0.1) is 0 Å². The number of carboxylic acids is 1. The van der Waals surface area contributed by atoms with Crippen molar-refractivity contribution in [3.8, 4) is 0 Å². The Morgan fingerprint density at radius 2 is 1.93 bits per heavy atom. The quantitative estimate of drug-likeness (QED) is 0.729. The molecule has 0 bridgehead atoms. The first-order chi connectivity index (χ1) is 7.15. The second-order valence-electron chi connectivity index (χ2n) is 5.03. The van der Waals surface area contributed by atoms with Crippen LogP contribution in [0, 0.1) is 17.8 Å². The Morgan fingerprint density at radius 1 is 1.33 bits per heavy atom. The van der Waals surface area contributed by atoms with Crippen LogP contribution >= 0.6 is 0 Å². The lowest BCUT2D eigenvalue weighted by atomic mass is 9.83. The van der Waals surface area contributed by atoms with E-state index in [1.165, 1.54) is 32.1 Å². The van der Waals surface area contributed by atoms with Crippen LogP contribution in [0.1, 0.15) is 58.8 Å². The minimum Gasteiger partial charge on any atom is -0.481 e. The average Bonchev–Trinajstić information content (AvgIpc) is 2.71. The van der Waals surface area contributed by atoms with E-state index in [-0.39, 0.29) is 5.92 Å². The van der Waals surface area contributed by atoms with Crippen LogP contribution in [-0.4, -0.2) is 11.1 Å². The average molecular weight is 212 g/mol. The molecule has 88 valence electrons. The number of hydrogen-bond acceptors (Lipinski definition) is 1. The van der Waals surface area contributed by atoms with E-state index >= 15 is 0 Å². The van der Waals surface area contributed by atoms with Crippen molar-refractivity contribution in [2.75, 3.05) is 0 Å². The molecule has 0 aromatic rings. The van der Waals surface area contributed by atoms with E-state index in [2.05, 4.69) is 6.92 Å². The summed E-state index contributed by atoms with van der Waals surface area (Å²) < 4.78 is 0. The van der Waals surface area contributed by atoms with Crippen molar-refractivity contribution in [2.24, 2.45) is 17.8 Å². The van der Waals surface area contributed by atoms with E-state index in [9.17, 15) is 4.79 Å². The summed E-state index contributed by atoms with van der Waals surface area (Å²) in [5, 5.41) is 8.83. The van der Waals surface area contributed by atoms with Crippen LogP contribution in [0.15, 0.2) is 0 Å². The summed E-state index contributed by atoms with van der Waals surface area (Å²) in [4.78, 5) is 10.7. The number of rotatable bonds is 6. The van der Waals surface area contributed by atoms with E-state index in [0.717, 1.165) is 24.7 Å². The topological polar surface area (TPSA) is 37.3 Å². The Morgan fingerprint density at radius 3 is 2.40 bits per heavy atom. The van der Waals surface area contributed by atoms with Crippen molar-refractivity contribution < 1.29 is 9.90 Å². The molecule has 1 aliphatic carbocycles. The molecule has 0 radical (unpaired) electrons. The van der Waals surface area contributed by atoms with E-state index in [4.69, 9.17) is 5.11 Å². The number of aliphatic carboxylic acids is 1. The molecular formula is C13H24O2. The van der Waals surface area contributed by atoms with Crippen LogP contribution in [0.5, 0.6) is 0 Å². The van der Waals surface area contributed by atoms with Gasteiger partial charge < -0.3 is 5.11 Å². The molecule has 0 heterocycles. The zero-order valence-electron chi connectivity index (χ0n) is 10.0. The number of carbonyl (C=O) groups is 1. The van der Waals surface area contributed by atoms with Crippen molar-refractivity contribution in [2.45, 2.75) is 58.8 Å². The summed E-state index contributed by atoms with van der Waals surface area (Å²) in [7, 11) is 0. The second-order valence-corrected chi connectivity index (χ2v) is 5.03. The third-order valence-electron chi connectivity index (χ3n) is 3.98. The van der Waals surface area contributed by atoms with Gasteiger partial charge in [0.1, 0.15) is 0 Å². The van der Waals surface area contributed by atoms with E-state index in [1.54, 1.807) is 0 Å². The van der Waals surface area contributed by atoms with Crippen molar-refractivity contribution in [1.82, 2.24) is 0 Å². The van der Waals surface area contributed by atoms with Crippen LogP contribution in [0.4, 0.5) is 0 Å². The number of hydrogen-bond donors (Lipinski definition) is 1. The highest BCUT2D eigenvalue weighted by Crippen LogP contribution is 2.35. The van der Waals surface area contributed by atoms with Gasteiger partial charge in [-0.05, 0) is 24.7 Å². The Kier molecular flexibility index (Phi) is 5.13. The molecule has 0 aromatic carbocycles. The highest BCUT2D eigenvalue weighted by Gasteiger charge is 2.24. The molecule has 2 nitrogen and oxygen atoms in total. The summed E-state index contributed by atoms with van der Waals surface area (Å²) >= 11 is 0. The van der Waals surface area contributed by atoms with Gasteiger partial charge in [-0.2, -0.15) is 0 Å². The fourth-order valence-electron chi connectivity index (χ4n) is 2.79. The first-order valence-electron chi connectivity index (χ1n) is 6.38. The molecule has 1 aliphatic rings. The standard InChI is InChI=1S/C13H24O2/c1-3-11(12-6-4-5-7-12)9-8-10(2)13(14)15/h10-12H,3-9H2,1-2H3,(H,14,15). The Balaban J connectivity index is 2.30. The second kappa shape index (κ2) is 6.14. The van der Waals surface area contributed by atoms with E-state index in [0.29, 0.717) is 0 Å².